The van der Waals surface area contributed by atoms with Crippen molar-refractivity contribution in [3.05, 3.63) is 11.7 Å². The van der Waals surface area contributed by atoms with Crippen molar-refractivity contribution >= 4 is 0 Å². The van der Waals surface area contributed by atoms with Crippen molar-refractivity contribution in [1.82, 2.24) is 15.5 Å². The second-order valence-corrected chi connectivity index (χ2v) is 3.48. The van der Waals surface area contributed by atoms with Crippen molar-refractivity contribution in [2.24, 2.45) is 5.92 Å². The fraction of sp³-hybridized carbons (Fsp3) is 0.778. The molecule has 0 aromatic carbocycles. The molecule has 0 bridgehead atoms. The highest BCUT2D eigenvalue weighted by Gasteiger charge is 2.03. The Bertz CT molecular complexity index is 245. The molecule has 1 heterocycles. The lowest BCUT2D eigenvalue weighted by molar-refractivity contribution is 0.359. The van der Waals surface area contributed by atoms with Crippen LogP contribution in [0.1, 0.15) is 32.5 Å². The summed E-state index contributed by atoms with van der Waals surface area (Å²) in [5.41, 5.74) is 0. The largest absolute Gasteiger partial charge is 0.338 e. The molecule has 1 aromatic heterocycles. The van der Waals surface area contributed by atoms with Gasteiger partial charge in [-0.05, 0) is 12.5 Å². The Morgan fingerprint density at radius 1 is 1.46 bits per heavy atom. The molecular formula is C9H17N3O. The predicted molar refractivity (Wildman–Crippen MR) is 50.2 cm³/mol. The van der Waals surface area contributed by atoms with Crippen LogP contribution in [-0.2, 0) is 13.0 Å². The molecule has 0 saturated heterocycles. The van der Waals surface area contributed by atoms with Gasteiger partial charge in [0.2, 0.25) is 5.89 Å². The smallest absolute Gasteiger partial charge is 0.240 e. The first-order chi connectivity index (χ1) is 6.22. The lowest BCUT2D eigenvalue weighted by atomic mass is 10.2. The summed E-state index contributed by atoms with van der Waals surface area (Å²) in [7, 11) is 0. The van der Waals surface area contributed by atoms with E-state index in [1.165, 1.54) is 0 Å². The van der Waals surface area contributed by atoms with Crippen molar-refractivity contribution < 1.29 is 4.52 Å². The van der Waals surface area contributed by atoms with Gasteiger partial charge in [-0.2, -0.15) is 4.98 Å². The van der Waals surface area contributed by atoms with Gasteiger partial charge in [-0.3, -0.25) is 0 Å². The van der Waals surface area contributed by atoms with E-state index in [0.717, 1.165) is 18.8 Å². The van der Waals surface area contributed by atoms with Gasteiger partial charge in [0.1, 0.15) is 0 Å². The van der Waals surface area contributed by atoms with Gasteiger partial charge >= 0.3 is 0 Å². The first-order valence-corrected chi connectivity index (χ1v) is 4.74. The molecule has 0 fully saturated rings. The quantitative estimate of drug-likeness (QED) is 0.749. The molecule has 0 atom stereocenters. The molecule has 4 heteroatoms. The highest BCUT2D eigenvalue weighted by atomic mass is 16.5. The van der Waals surface area contributed by atoms with Crippen molar-refractivity contribution in [3.63, 3.8) is 0 Å². The second-order valence-electron chi connectivity index (χ2n) is 3.48. The number of nitrogens with zero attached hydrogens (tertiary/aromatic N) is 2. The van der Waals surface area contributed by atoms with Gasteiger partial charge in [0.15, 0.2) is 5.82 Å². The molecule has 0 amide bonds. The van der Waals surface area contributed by atoms with E-state index in [0.29, 0.717) is 18.4 Å². The molecule has 0 unspecified atom stereocenters. The van der Waals surface area contributed by atoms with E-state index < -0.39 is 0 Å². The zero-order valence-corrected chi connectivity index (χ0v) is 8.50. The molecule has 1 aromatic rings. The first-order valence-electron chi connectivity index (χ1n) is 4.74. The fourth-order valence-electron chi connectivity index (χ4n) is 0.973. The first kappa shape index (κ1) is 10.2. The van der Waals surface area contributed by atoms with E-state index >= 15 is 0 Å². The van der Waals surface area contributed by atoms with E-state index in [-0.39, 0.29) is 0 Å². The minimum absolute atomic E-state index is 0.647. The van der Waals surface area contributed by atoms with E-state index in [1.54, 1.807) is 0 Å². The van der Waals surface area contributed by atoms with Crippen molar-refractivity contribution in [3.8, 4) is 0 Å². The number of rotatable bonds is 5. The van der Waals surface area contributed by atoms with Crippen LogP contribution in [0.3, 0.4) is 0 Å². The number of hydrogen-bond donors (Lipinski definition) is 1. The van der Waals surface area contributed by atoms with Crippen LogP contribution in [0.2, 0.25) is 0 Å². The average molecular weight is 183 g/mol. The van der Waals surface area contributed by atoms with Gasteiger partial charge in [0, 0.05) is 6.42 Å². The topological polar surface area (TPSA) is 51.0 Å². The van der Waals surface area contributed by atoms with Crippen molar-refractivity contribution in [1.29, 1.82) is 0 Å². The molecule has 0 aliphatic carbocycles. The molecule has 13 heavy (non-hydrogen) atoms. The molecule has 0 radical (unpaired) electrons. The lowest BCUT2D eigenvalue weighted by Gasteiger charge is -2.03. The third kappa shape index (κ3) is 3.55. The molecule has 0 aliphatic rings. The average Bonchev–Trinajstić information content (AvgIpc) is 2.52. The van der Waals surface area contributed by atoms with Gasteiger partial charge in [-0.25, -0.2) is 0 Å². The molecule has 4 nitrogen and oxygen atoms in total. The molecule has 0 saturated carbocycles. The lowest BCUT2D eigenvalue weighted by Crippen LogP contribution is -2.19. The fourth-order valence-corrected chi connectivity index (χ4v) is 0.973. The van der Waals surface area contributed by atoms with Gasteiger partial charge < -0.3 is 9.84 Å². The minimum Gasteiger partial charge on any atom is -0.338 e. The van der Waals surface area contributed by atoms with Crippen LogP contribution in [0.15, 0.2) is 4.52 Å². The Balaban J connectivity index is 2.28. The zero-order chi connectivity index (χ0) is 9.68. The van der Waals surface area contributed by atoms with Crippen LogP contribution < -0.4 is 5.32 Å². The van der Waals surface area contributed by atoms with Crippen LogP contribution in [0, 0.1) is 5.92 Å². The Kier molecular flexibility index (Phi) is 3.89. The summed E-state index contributed by atoms with van der Waals surface area (Å²) in [6.45, 7) is 7.99. The highest BCUT2D eigenvalue weighted by molar-refractivity contribution is 4.84. The van der Waals surface area contributed by atoms with E-state index in [4.69, 9.17) is 4.52 Å². The van der Waals surface area contributed by atoms with Gasteiger partial charge in [0.05, 0.1) is 6.54 Å². The monoisotopic (exact) mass is 183 g/mol. The Labute approximate surface area is 78.7 Å². The number of aromatic nitrogens is 2. The number of aryl methyl sites for hydroxylation is 1. The van der Waals surface area contributed by atoms with Crippen LogP contribution in [0.4, 0.5) is 0 Å². The van der Waals surface area contributed by atoms with Crippen LogP contribution in [0.5, 0.6) is 0 Å². The minimum atomic E-state index is 0.647. The standard InChI is InChI=1S/C9H17N3O/c1-4-8-11-9(13-12-8)6-10-5-7(2)3/h7,10H,4-6H2,1-3H3. The summed E-state index contributed by atoms with van der Waals surface area (Å²) in [4.78, 5) is 4.19. The highest BCUT2D eigenvalue weighted by Crippen LogP contribution is 1.97. The molecule has 1 rings (SSSR count). The summed E-state index contributed by atoms with van der Waals surface area (Å²) in [6.07, 6.45) is 0.827. The maximum Gasteiger partial charge on any atom is 0.240 e. The number of hydrogen-bond acceptors (Lipinski definition) is 4. The summed E-state index contributed by atoms with van der Waals surface area (Å²) in [6, 6.07) is 0. The molecule has 1 N–H and O–H groups in total. The summed E-state index contributed by atoms with van der Waals surface area (Å²) < 4.78 is 5.01. The van der Waals surface area contributed by atoms with E-state index in [2.05, 4.69) is 29.3 Å². The summed E-state index contributed by atoms with van der Waals surface area (Å²) >= 11 is 0. The Morgan fingerprint density at radius 3 is 2.77 bits per heavy atom. The van der Waals surface area contributed by atoms with Crippen molar-refractivity contribution in [2.75, 3.05) is 6.54 Å². The Hall–Kier alpha value is -0.900. The Morgan fingerprint density at radius 2 is 2.23 bits per heavy atom. The van der Waals surface area contributed by atoms with Gasteiger partial charge in [0.25, 0.3) is 0 Å². The maximum atomic E-state index is 5.01. The van der Waals surface area contributed by atoms with Crippen LogP contribution in [0.25, 0.3) is 0 Å². The molecule has 0 aliphatic heterocycles. The molecule has 0 spiro atoms. The molecule has 74 valence electrons. The van der Waals surface area contributed by atoms with E-state index in [9.17, 15) is 0 Å². The molecular weight excluding hydrogens is 166 g/mol. The van der Waals surface area contributed by atoms with Gasteiger partial charge in [-0.1, -0.05) is 25.9 Å². The zero-order valence-electron chi connectivity index (χ0n) is 8.50. The van der Waals surface area contributed by atoms with E-state index in [1.807, 2.05) is 6.92 Å². The number of nitrogens with one attached hydrogen (secondary N) is 1. The van der Waals surface area contributed by atoms with Crippen molar-refractivity contribution in [2.45, 2.75) is 33.7 Å². The van der Waals surface area contributed by atoms with Crippen LogP contribution in [-0.4, -0.2) is 16.7 Å². The van der Waals surface area contributed by atoms with Gasteiger partial charge in [-0.15, -0.1) is 0 Å². The summed E-state index contributed by atoms with van der Waals surface area (Å²) in [5, 5.41) is 7.05. The summed E-state index contributed by atoms with van der Waals surface area (Å²) in [5.74, 6) is 2.10. The predicted octanol–water partition coefficient (Wildman–Crippen LogP) is 1.38. The third-order valence-electron chi connectivity index (χ3n) is 1.66. The maximum absolute atomic E-state index is 5.01. The SMILES string of the molecule is CCc1noc(CNCC(C)C)n1. The van der Waals surface area contributed by atoms with Crippen LogP contribution >= 0.6 is 0 Å². The third-order valence-corrected chi connectivity index (χ3v) is 1.66. The normalized spacial score (nSPS) is 11.1. The second kappa shape index (κ2) is 4.97.